The molecule has 0 aliphatic rings. The lowest BCUT2D eigenvalue weighted by atomic mass is 10.3. The van der Waals surface area contributed by atoms with Crippen LogP contribution in [0.15, 0.2) is 24.3 Å². The monoisotopic (exact) mass is 340 g/mol. The van der Waals surface area contributed by atoms with E-state index < -0.39 is 9.84 Å². The Kier molecular flexibility index (Phi) is 4.85. The third-order valence-electron chi connectivity index (χ3n) is 1.75. The highest BCUT2D eigenvalue weighted by molar-refractivity contribution is 14.1. The fourth-order valence-electron chi connectivity index (χ4n) is 1.07. The number of hydrogen-bond acceptors (Lipinski definition) is 3. The van der Waals surface area contributed by atoms with Crippen LogP contribution in [0.3, 0.4) is 0 Å². The Morgan fingerprint density at radius 2 is 2.00 bits per heavy atom. The number of benzene rings is 1. The molecule has 15 heavy (non-hydrogen) atoms. The van der Waals surface area contributed by atoms with Gasteiger partial charge in [0.2, 0.25) is 0 Å². The lowest BCUT2D eigenvalue weighted by molar-refractivity contribution is 0.315. The molecule has 0 unspecified atom stereocenters. The molecule has 1 aromatic carbocycles. The van der Waals surface area contributed by atoms with E-state index in [9.17, 15) is 8.42 Å². The van der Waals surface area contributed by atoms with Crippen LogP contribution in [0.25, 0.3) is 0 Å². The molecule has 0 heterocycles. The van der Waals surface area contributed by atoms with E-state index >= 15 is 0 Å². The van der Waals surface area contributed by atoms with Gasteiger partial charge >= 0.3 is 0 Å². The van der Waals surface area contributed by atoms with Crippen LogP contribution in [0, 0.1) is 3.57 Å². The molecule has 0 radical (unpaired) electrons. The van der Waals surface area contributed by atoms with E-state index in [1.807, 2.05) is 24.3 Å². The average Bonchev–Trinajstić information content (AvgIpc) is 2.13. The van der Waals surface area contributed by atoms with E-state index in [1.165, 1.54) is 6.26 Å². The highest BCUT2D eigenvalue weighted by Crippen LogP contribution is 2.19. The summed E-state index contributed by atoms with van der Waals surface area (Å²) in [6.45, 7) is 0.438. The molecule has 3 nitrogen and oxygen atoms in total. The maximum atomic E-state index is 10.9. The summed E-state index contributed by atoms with van der Waals surface area (Å²) in [5.41, 5.74) is 0. The van der Waals surface area contributed by atoms with E-state index in [1.54, 1.807) is 0 Å². The van der Waals surface area contributed by atoms with Crippen LogP contribution >= 0.6 is 22.6 Å². The Balaban J connectivity index is 2.36. The molecule has 0 N–H and O–H groups in total. The summed E-state index contributed by atoms with van der Waals surface area (Å²) in [6.07, 6.45) is 1.77. The van der Waals surface area contributed by atoms with Crippen molar-refractivity contribution in [2.45, 2.75) is 6.42 Å². The topological polar surface area (TPSA) is 43.4 Å². The predicted octanol–water partition coefficient (Wildman–Crippen LogP) is 2.10. The molecule has 84 valence electrons. The maximum Gasteiger partial charge on any atom is 0.147 e. The quantitative estimate of drug-likeness (QED) is 0.609. The fourth-order valence-corrected chi connectivity index (χ4v) is 2.25. The number of rotatable bonds is 5. The number of ether oxygens (including phenoxy) is 1. The number of para-hydroxylation sites is 1. The van der Waals surface area contributed by atoms with Crippen molar-refractivity contribution in [1.29, 1.82) is 0 Å². The van der Waals surface area contributed by atoms with Crippen molar-refractivity contribution in [3.05, 3.63) is 27.8 Å². The van der Waals surface area contributed by atoms with Crippen LogP contribution < -0.4 is 4.74 Å². The van der Waals surface area contributed by atoms with E-state index in [0.717, 1.165) is 9.32 Å². The second-order valence-corrected chi connectivity index (χ2v) is 6.68. The first-order valence-corrected chi connectivity index (χ1v) is 7.68. The maximum absolute atomic E-state index is 10.9. The van der Waals surface area contributed by atoms with Crippen LogP contribution in [0.5, 0.6) is 5.75 Å². The molecule has 0 fully saturated rings. The van der Waals surface area contributed by atoms with Gasteiger partial charge in [0.25, 0.3) is 0 Å². The van der Waals surface area contributed by atoms with Gasteiger partial charge in [-0.05, 0) is 41.1 Å². The predicted molar refractivity (Wildman–Crippen MR) is 69.0 cm³/mol. The first-order chi connectivity index (χ1) is 6.99. The molecule has 1 aromatic rings. The largest absolute Gasteiger partial charge is 0.492 e. The van der Waals surface area contributed by atoms with Crippen molar-refractivity contribution >= 4 is 32.4 Å². The highest BCUT2D eigenvalue weighted by Gasteiger charge is 2.03. The van der Waals surface area contributed by atoms with Crippen molar-refractivity contribution in [2.75, 3.05) is 18.6 Å². The van der Waals surface area contributed by atoms with E-state index in [4.69, 9.17) is 4.74 Å². The molecule has 0 saturated carbocycles. The van der Waals surface area contributed by atoms with Gasteiger partial charge in [0.15, 0.2) is 0 Å². The molecule has 0 saturated heterocycles. The lowest BCUT2D eigenvalue weighted by Gasteiger charge is -2.06. The van der Waals surface area contributed by atoms with Gasteiger partial charge in [0, 0.05) is 6.26 Å². The minimum atomic E-state index is -2.87. The molecule has 0 aliphatic heterocycles. The summed E-state index contributed by atoms with van der Waals surface area (Å²) >= 11 is 2.19. The van der Waals surface area contributed by atoms with E-state index in [-0.39, 0.29) is 5.75 Å². The Hall–Kier alpha value is -0.300. The molecule has 0 amide bonds. The van der Waals surface area contributed by atoms with Gasteiger partial charge in [-0.15, -0.1) is 0 Å². The van der Waals surface area contributed by atoms with Crippen molar-refractivity contribution in [3.8, 4) is 5.75 Å². The van der Waals surface area contributed by atoms with Crippen molar-refractivity contribution < 1.29 is 13.2 Å². The Bertz CT molecular complexity index is 414. The Labute approximate surface area is 104 Å². The molecule has 5 heteroatoms. The zero-order chi connectivity index (χ0) is 11.3. The molecule has 1 rings (SSSR count). The van der Waals surface area contributed by atoms with Gasteiger partial charge in [-0.25, -0.2) is 8.42 Å². The molecule has 0 bridgehead atoms. The first-order valence-electron chi connectivity index (χ1n) is 4.54. The van der Waals surface area contributed by atoms with Crippen molar-refractivity contribution in [1.82, 2.24) is 0 Å². The molecule has 0 aromatic heterocycles. The first kappa shape index (κ1) is 12.8. The Morgan fingerprint density at radius 1 is 1.33 bits per heavy atom. The van der Waals surface area contributed by atoms with Crippen LogP contribution in [-0.2, 0) is 9.84 Å². The third-order valence-corrected chi connectivity index (χ3v) is 3.68. The van der Waals surface area contributed by atoms with Crippen molar-refractivity contribution in [3.63, 3.8) is 0 Å². The standard InChI is InChI=1S/C10H13IO3S/c1-15(12,13)8-4-7-14-10-6-3-2-5-9(10)11/h2-3,5-6H,4,7-8H2,1H3. The van der Waals surface area contributed by atoms with E-state index in [2.05, 4.69) is 22.6 Å². The summed E-state index contributed by atoms with van der Waals surface area (Å²) in [5, 5.41) is 0. The molecule has 0 spiro atoms. The van der Waals surface area contributed by atoms with Crippen LogP contribution in [0.1, 0.15) is 6.42 Å². The summed E-state index contributed by atoms with van der Waals surface area (Å²) < 4.78 is 28.2. The molecular formula is C10H13IO3S. The van der Waals surface area contributed by atoms with Gasteiger partial charge in [-0.1, -0.05) is 12.1 Å². The summed E-state index contributed by atoms with van der Waals surface area (Å²) in [4.78, 5) is 0. The van der Waals surface area contributed by atoms with Gasteiger partial charge in [-0.2, -0.15) is 0 Å². The van der Waals surface area contributed by atoms with Crippen LogP contribution in [0.4, 0.5) is 0 Å². The van der Waals surface area contributed by atoms with Gasteiger partial charge in [0.05, 0.1) is 15.9 Å². The number of sulfone groups is 1. The number of halogens is 1. The number of hydrogen-bond donors (Lipinski definition) is 0. The zero-order valence-electron chi connectivity index (χ0n) is 8.44. The van der Waals surface area contributed by atoms with Crippen LogP contribution in [0.2, 0.25) is 0 Å². The lowest BCUT2D eigenvalue weighted by Crippen LogP contribution is -2.08. The van der Waals surface area contributed by atoms with Crippen molar-refractivity contribution in [2.24, 2.45) is 0 Å². The molecular weight excluding hydrogens is 327 g/mol. The summed E-state index contributed by atoms with van der Waals surface area (Å²) in [6, 6.07) is 7.66. The minimum absolute atomic E-state index is 0.177. The second kappa shape index (κ2) is 5.69. The second-order valence-electron chi connectivity index (χ2n) is 3.26. The van der Waals surface area contributed by atoms with E-state index in [0.29, 0.717) is 13.0 Å². The SMILES string of the molecule is CS(=O)(=O)CCCOc1ccccc1I. The van der Waals surface area contributed by atoms with Gasteiger partial charge < -0.3 is 4.74 Å². The van der Waals surface area contributed by atoms with Crippen LogP contribution in [-0.4, -0.2) is 27.0 Å². The fraction of sp³-hybridized carbons (Fsp3) is 0.400. The highest BCUT2D eigenvalue weighted by atomic mass is 127. The average molecular weight is 340 g/mol. The molecule has 0 atom stereocenters. The van der Waals surface area contributed by atoms with Gasteiger partial charge in [0.1, 0.15) is 15.6 Å². The Morgan fingerprint density at radius 3 is 2.60 bits per heavy atom. The normalized spacial score (nSPS) is 11.3. The zero-order valence-corrected chi connectivity index (χ0v) is 11.4. The minimum Gasteiger partial charge on any atom is -0.492 e. The smallest absolute Gasteiger partial charge is 0.147 e. The van der Waals surface area contributed by atoms with Gasteiger partial charge in [-0.3, -0.25) is 0 Å². The summed E-state index contributed by atoms with van der Waals surface area (Å²) in [7, 11) is -2.87. The summed E-state index contributed by atoms with van der Waals surface area (Å²) in [5.74, 6) is 0.989. The third kappa shape index (κ3) is 5.36. The molecule has 0 aliphatic carbocycles.